The number of hydrogen-bond acceptors (Lipinski definition) is 6. The van der Waals surface area contributed by atoms with Crippen LogP contribution in [-0.2, 0) is 20.7 Å². The molecule has 10 nitrogen and oxygen atoms in total. The molecule has 10 heteroatoms. The first-order chi connectivity index (χ1) is 19.3. The number of anilines is 1. The van der Waals surface area contributed by atoms with Gasteiger partial charge in [-0.25, -0.2) is 9.59 Å². The molecule has 2 heterocycles. The summed E-state index contributed by atoms with van der Waals surface area (Å²) in [5.41, 5.74) is 2.53. The molecule has 0 fully saturated rings. The monoisotopic (exact) mass is 559 g/mol. The van der Waals surface area contributed by atoms with Gasteiger partial charge in [-0.1, -0.05) is 42.5 Å². The second-order valence-corrected chi connectivity index (χ2v) is 11.8. The lowest BCUT2D eigenvalue weighted by atomic mass is 9.98. The molecule has 3 N–H and O–H groups in total. The van der Waals surface area contributed by atoms with Gasteiger partial charge in [0.15, 0.2) is 0 Å². The van der Waals surface area contributed by atoms with Crippen LogP contribution in [-0.4, -0.2) is 50.6 Å². The Morgan fingerprint density at radius 3 is 2.34 bits per heavy atom. The van der Waals surface area contributed by atoms with Gasteiger partial charge in [0.25, 0.3) is 0 Å². The fourth-order valence-electron chi connectivity index (χ4n) is 4.28. The molecule has 0 unspecified atom stereocenters. The molecule has 4 aromatic rings. The molecule has 2 amide bonds. The van der Waals surface area contributed by atoms with Crippen LogP contribution in [0.4, 0.5) is 15.3 Å². The number of carbonyl (C=O) groups excluding carboxylic acids is 3. The van der Waals surface area contributed by atoms with E-state index in [1.165, 1.54) is 0 Å². The Morgan fingerprint density at radius 1 is 0.951 bits per heavy atom. The molecular formula is C31H37N5O5. The van der Waals surface area contributed by atoms with E-state index in [1.807, 2.05) is 54.7 Å². The van der Waals surface area contributed by atoms with E-state index in [2.05, 4.69) is 20.7 Å². The lowest BCUT2D eigenvalue weighted by Gasteiger charge is -2.22. The summed E-state index contributed by atoms with van der Waals surface area (Å²) in [5.74, 6) is -0.798. The molecule has 0 bridgehead atoms. The average molecular weight is 560 g/mol. The van der Waals surface area contributed by atoms with E-state index in [9.17, 15) is 14.4 Å². The summed E-state index contributed by atoms with van der Waals surface area (Å²) >= 11 is 0. The predicted molar refractivity (Wildman–Crippen MR) is 158 cm³/mol. The summed E-state index contributed by atoms with van der Waals surface area (Å²) in [6.07, 6.45) is 4.30. The highest BCUT2D eigenvalue weighted by atomic mass is 16.6. The maximum atomic E-state index is 13.5. The van der Waals surface area contributed by atoms with Crippen molar-refractivity contribution in [1.29, 1.82) is 0 Å². The SMILES string of the molecule is CC(C)(C)OC(=O)NC[C@H](Cc1ccccc1)C(=O)Nc1cccc2c(-c3cnn(C(=O)OC(C)(C)C)c3)c[nH]c12. The van der Waals surface area contributed by atoms with Crippen LogP contribution in [0.15, 0.2) is 67.1 Å². The van der Waals surface area contributed by atoms with Crippen molar-refractivity contribution in [3.8, 4) is 11.1 Å². The van der Waals surface area contributed by atoms with Crippen molar-refractivity contribution in [2.24, 2.45) is 5.92 Å². The number of fused-ring (bicyclic) bond motifs is 1. The fourth-order valence-corrected chi connectivity index (χ4v) is 4.28. The van der Waals surface area contributed by atoms with Crippen LogP contribution < -0.4 is 10.6 Å². The third-order valence-corrected chi connectivity index (χ3v) is 6.03. The topological polar surface area (TPSA) is 127 Å². The number of aromatic amines is 1. The number of rotatable bonds is 7. The van der Waals surface area contributed by atoms with Gasteiger partial charge in [-0.05, 0) is 59.6 Å². The second kappa shape index (κ2) is 11.9. The van der Waals surface area contributed by atoms with Crippen LogP contribution in [0.2, 0.25) is 0 Å². The van der Waals surface area contributed by atoms with Crippen LogP contribution >= 0.6 is 0 Å². The van der Waals surface area contributed by atoms with Crippen LogP contribution in [0, 0.1) is 5.92 Å². The molecule has 0 saturated heterocycles. The van der Waals surface area contributed by atoms with Crippen molar-refractivity contribution < 1.29 is 23.9 Å². The number of hydrogen-bond donors (Lipinski definition) is 3. The molecule has 0 radical (unpaired) electrons. The molecule has 2 aromatic heterocycles. The summed E-state index contributed by atoms with van der Waals surface area (Å²) in [4.78, 5) is 41.5. The molecule has 4 rings (SSSR count). The van der Waals surface area contributed by atoms with Gasteiger partial charge in [0.1, 0.15) is 11.2 Å². The highest BCUT2D eigenvalue weighted by molar-refractivity contribution is 6.06. The van der Waals surface area contributed by atoms with Gasteiger partial charge in [-0.15, -0.1) is 0 Å². The van der Waals surface area contributed by atoms with Crippen molar-refractivity contribution in [2.75, 3.05) is 11.9 Å². The third-order valence-electron chi connectivity index (χ3n) is 6.03. The van der Waals surface area contributed by atoms with Crippen LogP contribution in [0.1, 0.15) is 47.1 Å². The Morgan fingerprint density at radius 2 is 1.66 bits per heavy atom. The minimum atomic E-state index is -0.647. The summed E-state index contributed by atoms with van der Waals surface area (Å²) in [7, 11) is 0. The van der Waals surface area contributed by atoms with E-state index >= 15 is 0 Å². The smallest absolute Gasteiger partial charge is 0.435 e. The van der Waals surface area contributed by atoms with Gasteiger partial charge in [0.05, 0.1) is 23.3 Å². The molecule has 0 aliphatic rings. The first-order valence-corrected chi connectivity index (χ1v) is 13.5. The molecule has 216 valence electrons. The van der Waals surface area contributed by atoms with Crippen molar-refractivity contribution in [3.05, 3.63) is 72.7 Å². The van der Waals surface area contributed by atoms with Crippen LogP contribution in [0.25, 0.3) is 22.0 Å². The van der Waals surface area contributed by atoms with E-state index in [-0.39, 0.29) is 12.5 Å². The van der Waals surface area contributed by atoms with Gasteiger partial charge in [0, 0.05) is 35.5 Å². The lowest BCUT2D eigenvalue weighted by molar-refractivity contribution is -0.119. The number of para-hydroxylation sites is 1. The standard InChI is InChI=1S/C31H37N5O5/c1-30(2,3)40-28(38)33-16-21(15-20-11-8-7-9-12-20)27(37)35-25-14-10-13-23-24(18-32-26(23)25)22-17-34-36(19-22)29(39)41-31(4,5)6/h7-14,17-19,21,32H,15-16H2,1-6H3,(H,33,38)(H,35,37)/t21-/m0/s1. The zero-order valence-electron chi connectivity index (χ0n) is 24.3. The third kappa shape index (κ3) is 7.97. The zero-order chi connectivity index (χ0) is 29.8. The van der Waals surface area contributed by atoms with E-state index in [1.54, 1.807) is 53.9 Å². The number of alkyl carbamates (subject to hydrolysis) is 1. The van der Waals surface area contributed by atoms with E-state index in [0.29, 0.717) is 17.7 Å². The summed E-state index contributed by atoms with van der Waals surface area (Å²) < 4.78 is 11.9. The molecular weight excluding hydrogens is 522 g/mol. The van der Waals surface area contributed by atoms with E-state index < -0.39 is 29.3 Å². The minimum absolute atomic E-state index is 0.103. The first kappa shape index (κ1) is 29.4. The Hall–Kier alpha value is -4.60. The quantitative estimate of drug-likeness (QED) is 0.250. The summed E-state index contributed by atoms with van der Waals surface area (Å²) in [6, 6.07) is 15.2. The van der Waals surface area contributed by atoms with Gasteiger partial charge < -0.3 is 25.1 Å². The Kier molecular flexibility index (Phi) is 8.51. The number of carbonyl (C=O) groups is 3. The molecule has 0 spiro atoms. The number of aromatic nitrogens is 3. The molecule has 0 aliphatic carbocycles. The molecule has 1 atom stereocenters. The van der Waals surface area contributed by atoms with E-state index in [4.69, 9.17) is 9.47 Å². The highest BCUT2D eigenvalue weighted by Crippen LogP contribution is 2.32. The lowest BCUT2D eigenvalue weighted by Crippen LogP contribution is -2.39. The number of ether oxygens (including phenoxy) is 2. The Balaban J connectivity index is 1.54. The van der Waals surface area contributed by atoms with Crippen molar-refractivity contribution in [3.63, 3.8) is 0 Å². The van der Waals surface area contributed by atoms with Crippen molar-refractivity contribution in [2.45, 2.75) is 59.2 Å². The van der Waals surface area contributed by atoms with Gasteiger partial charge in [0.2, 0.25) is 5.91 Å². The number of nitrogens with zero attached hydrogens (tertiary/aromatic N) is 2. The maximum absolute atomic E-state index is 13.5. The van der Waals surface area contributed by atoms with Crippen LogP contribution in [0.5, 0.6) is 0 Å². The largest absolute Gasteiger partial charge is 0.444 e. The minimum Gasteiger partial charge on any atom is -0.444 e. The number of H-pyrrole nitrogens is 1. The summed E-state index contributed by atoms with van der Waals surface area (Å²) in [6.45, 7) is 10.8. The molecule has 0 aliphatic heterocycles. The normalized spacial score (nSPS) is 12.5. The number of amides is 2. The van der Waals surface area contributed by atoms with Crippen molar-refractivity contribution in [1.82, 2.24) is 20.1 Å². The highest BCUT2D eigenvalue weighted by Gasteiger charge is 2.24. The average Bonchev–Trinajstić information content (AvgIpc) is 3.53. The Bertz CT molecular complexity index is 1530. The van der Waals surface area contributed by atoms with Crippen LogP contribution in [0.3, 0.4) is 0 Å². The first-order valence-electron chi connectivity index (χ1n) is 13.5. The number of nitrogens with one attached hydrogen (secondary N) is 3. The molecule has 41 heavy (non-hydrogen) atoms. The molecule has 0 saturated carbocycles. The van der Waals surface area contributed by atoms with Crippen molar-refractivity contribution >= 4 is 34.7 Å². The summed E-state index contributed by atoms with van der Waals surface area (Å²) in [5, 5.41) is 10.8. The predicted octanol–water partition coefficient (Wildman–Crippen LogP) is 6.14. The van der Waals surface area contributed by atoms with Gasteiger partial charge >= 0.3 is 12.2 Å². The second-order valence-electron chi connectivity index (χ2n) is 11.8. The fraction of sp³-hybridized carbons (Fsp3) is 0.355. The maximum Gasteiger partial charge on any atom is 0.435 e. The van der Waals surface area contributed by atoms with E-state index in [0.717, 1.165) is 26.7 Å². The van der Waals surface area contributed by atoms with Gasteiger partial charge in [-0.2, -0.15) is 9.78 Å². The molecule has 2 aromatic carbocycles. The van der Waals surface area contributed by atoms with Gasteiger partial charge in [-0.3, -0.25) is 4.79 Å². The zero-order valence-corrected chi connectivity index (χ0v) is 24.3. The number of benzene rings is 2. The Labute approximate surface area is 239 Å².